The van der Waals surface area contributed by atoms with Gasteiger partial charge in [0.1, 0.15) is 5.75 Å². The van der Waals surface area contributed by atoms with Crippen molar-refractivity contribution in [3.63, 3.8) is 0 Å². The van der Waals surface area contributed by atoms with Gasteiger partial charge in [-0.05, 0) is 41.3 Å². The van der Waals surface area contributed by atoms with Crippen LogP contribution in [0.25, 0.3) is 10.8 Å². The molecule has 0 aliphatic heterocycles. The largest absolute Gasteiger partial charge is 0.380 e. The first kappa shape index (κ1) is 15.0. The second-order valence-corrected chi connectivity index (χ2v) is 5.56. The smallest absolute Gasteiger partial charge is 0.357 e. The highest BCUT2D eigenvalue weighted by Gasteiger charge is 2.02. The predicted molar refractivity (Wildman–Crippen MR) is 83.2 cm³/mol. The number of benzene rings is 2. The van der Waals surface area contributed by atoms with Crippen molar-refractivity contribution in [2.75, 3.05) is 0 Å². The van der Waals surface area contributed by atoms with Gasteiger partial charge in [0.2, 0.25) is 0 Å². The summed E-state index contributed by atoms with van der Waals surface area (Å²) in [5, 5.41) is 2.15. The van der Waals surface area contributed by atoms with E-state index in [4.69, 9.17) is 8.74 Å². The van der Waals surface area contributed by atoms with Crippen LogP contribution in [0.3, 0.4) is 0 Å². The molecular formula is C16H20O3S. The summed E-state index contributed by atoms with van der Waals surface area (Å²) in [6, 6.07) is 11.8. The van der Waals surface area contributed by atoms with Gasteiger partial charge < -0.3 is 4.18 Å². The fourth-order valence-corrected chi connectivity index (χ4v) is 2.59. The molecule has 0 aromatic heterocycles. The third-order valence-electron chi connectivity index (χ3n) is 3.36. The number of aryl methyl sites for hydroxylation is 1. The van der Waals surface area contributed by atoms with E-state index in [9.17, 15) is 4.21 Å². The first-order valence-corrected chi connectivity index (χ1v) is 8.04. The van der Waals surface area contributed by atoms with E-state index >= 15 is 0 Å². The van der Waals surface area contributed by atoms with Crippen LogP contribution in [0.15, 0.2) is 36.4 Å². The highest BCUT2D eigenvalue weighted by Crippen LogP contribution is 2.23. The van der Waals surface area contributed by atoms with Crippen LogP contribution in [0.1, 0.15) is 38.2 Å². The Morgan fingerprint density at radius 1 is 1.05 bits per heavy atom. The summed E-state index contributed by atoms with van der Waals surface area (Å²) in [6.07, 6.45) is 6.17. The molecule has 0 saturated heterocycles. The van der Waals surface area contributed by atoms with E-state index in [0.717, 1.165) is 17.2 Å². The van der Waals surface area contributed by atoms with Gasteiger partial charge >= 0.3 is 11.4 Å². The summed E-state index contributed by atoms with van der Waals surface area (Å²) in [6.45, 7) is 2.22. The van der Waals surface area contributed by atoms with Crippen LogP contribution in [0.5, 0.6) is 5.75 Å². The lowest BCUT2D eigenvalue weighted by molar-refractivity contribution is 0.458. The summed E-state index contributed by atoms with van der Waals surface area (Å²) in [5.41, 5.74) is 1.34. The number of fused-ring (bicyclic) bond motifs is 1. The molecule has 1 atom stereocenters. The molecular weight excluding hydrogens is 272 g/mol. The Morgan fingerprint density at radius 2 is 1.80 bits per heavy atom. The molecule has 0 spiro atoms. The summed E-state index contributed by atoms with van der Waals surface area (Å²) < 4.78 is 24.1. The third kappa shape index (κ3) is 4.32. The molecule has 0 heterocycles. The number of unbranched alkanes of at least 4 members (excludes halogenated alkanes) is 3. The first-order chi connectivity index (χ1) is 9.69. The van der Waals surface area contributed by atoms with Crippen molar-refractivity contribution in [1.82, 2.24) is 0 Å². The van der Waals surface area contributed by atoms with Gasteiger partial charge in [-0.3, -0.25) is 4.55 Å². The SMILES string of the molecule is CCCCCCc1ccc2cc(OS(=O)O)ccc2c1. The molecule has 20 heavy (non-hydrogen) atoms. The zero-order valence-corrected chi connectivity index (χ0v) is 12.5. The van der Waals surface area contributed by atoms with Crippen molar-refractivity contribution < 1.29 is 12.9 Å². The molecule has 0 saturated carbocycles. The zero-order valence-electron chi connectivity index (χ0n) is 11.7. The van der Waals surface area contributed by atoms with Crippen LogP contribution in [-0.4, -0.2) is 8.76 Å². The van der Waals surface area contributed by atoms with Gasteiger partial charge in [-0.1, -0.05) is 50.5 Å². The normalized spacial score (nSPS) is 12.5. The standard InChI is InChI=1S/C16H20O3S/c1-2-3-4-5-6-13-7-8-15-12-16(19-20(17)18)10-9-14(15)11-13/h7-12H,2-6H2,1H3,(H,17,18). The van der Waals surface area contributed by atoms with Crippen molar-refractivity contribution in [2.24, 2.45) is 0 Å². The van der Waals surface area contributed by atoms with Crippen LogP contribution in [0.4, 0.5) is 0 Å². The van der Waals surface area contributed by atoms with Crippen LogP contribution in [0.2, 0.25) is 0 Å². The Hall–Kier alpha value is -1.39. The maximum atomic E-state index is 10.6. The van der Waals surface area contributed by atoms with E-state index in [1.807, 2.05) is 12.1 Å². The Bertz CT molecular complexity index is 595. The second kappa shape index (κ2) is 7.41. The predicted octanol–water partition coefficient (Wildman–Crippen LogP) is 4.48. The highest BCUT2D eigenvalue weighted by molar-refractivity contribution is 7.74. The van der Waals surface area contributed by atoms with Crippen LogP contribution >= 0.6 is 0 Å². The van der Waals surface area contributed by atoms with E-state index in [0.29, 0.717) is 5.75 Å². The van der Waals surface area contributed by atoms with E-state index in [2.05, 4.69) is 19.1 Å². The molecule has 0 aliphatic rings. The third-order valence-corrected chi connectivity index (χ3v) is 3.70. The van der Waals surface area contributed by atoms with Crippen LogP contribution in [-0.2, 0) is 17.8 Å². The molecule has 1 unspecified atom stereocenters. The minimum absolute atomic E-state index is 0.411. The van der Waals surface area contributed by atoms with E-state index in [-0.39, 0.29) is 0 Å². The zero-order chi connectivity index (χ0) is 14.4. The van der Waals surface area contributed by atoms with Crippen molar-refractivity contribution in [3.8, 4) is 5.75 Å². The van der Waals surface area contributed by atoms with Crippen molar-refractivity contribution in [2.45, 2.75) is 39.0 Å². The Labute approximate surface area is 122 Å². The lowest BCUT2D eigenvalue weighted by Crippen LogP contribution is -1.97. The molecule has 0 fully saturated rings. The lowest BCUT2D eigenvalue weighted by Gasteiger charge is -2.06. The molecule has 4 heteroatoms. The van der Waals surface area contributed by atoms with Gasteiger partial charge in [-0.2, -0.15) is 4.21 Å². The summed E-state index contributed by atoms with van der Waals surface area (Å²) in [7, 11) is 0. The van der Waals surface area contributed by atoms with Crippen molar-refractivity contribution in [1.29, 1.82) is 0 Å². The monoisotopic (exact) mass is 292 g/mol. The van der Waals surface area contributed by atoms with E-state index in [1.165, 1.54) is 31.2 Å². The fourth-order valence-electron chi connectivity index (χ4n) is 2.32. The van der Waals surface area contributed by atoms with Gasteiger partial charge in [-0.15, -0.1) is 0 Å². The van der Waals surface area contributed by atoms with Gasteiger partial charge in [0.25, 0.3) is 0 Å². The molecule has 0 radical (unpaired) electrons. The second-order valence-electron chi connectivity index (χ2n) is 4.95. The molecule has 2 rings (SSSR count). The van der Waals surface area contributed by atoms with E-state index < -0.39 is 11.4 Å². The maximum Gasteiger partial charge on any atom is 0.357 e. The Balaban J connectivity index is 2.08. The molecule has 0 amide bonds. The molecule has 3 nitrogen and oxygen atoms in total. The molecule has 2 aromatic rings. The highest BCUT2D eigenvalue weighted by atomic mass is 32.2. The number of hydrogen-bond acceptors (Lipinski definition) is 2. The van der Waals surface area contributed by atoms with Gasteiger partial charge in [0.15, 0.2) is 0 Å². The Morgan fingerprint density at radius 3 is 2.55 bits per heavy atom. The van der Waals surface area contributed by atoms with Gasteiger partial charge in [0.05, 0.1) is 0 Å². The molecule has 0 aliphatic carbocycles. The number of hydrogen-bond donors (Lipinski definition) is 1. The molecule has 108 valence electrons. The molecule has 1 N–H and O–H groups in total. The van der Waals surface area contributed by atoms with E-state index in [1.54, 1.807) is 12.1 Å². The Kier molecular flexibility index (Phi) is 5.56. The van der Waals surface area contributed by atoms with Gasteiger partial charge in [-0.25, -0.2) is 0 Å². The summed E-state index contributed by atoms with van der Waals surface area (Å²) in [4.78, 5) is 0. The quantitative estimate of drug-likeness (QED) is 0.604. The topological polar surface area (TPSA) is 46.5 Å². The fraction of sp³-hybridized carbons (Fsp3) is 0.375. The molecule has 2 aromatic carbocycles. The van der Waals surface area contributed by atoms with Gasteiger partial charge in [0, 0.05) is 0 Å². The average Bonchev–Trinajstić information content (AvgIpc) is 2.43. The minimum atomic E-state index is -2.27. The maximum absolute atomic E-state index is 10.6. The van der Waals surface area contributed by atoms with Crippen molar-refractivity contribution >= 4 is 22.1 Å². The summed E-state index contributed by atoms with van der Waals surface area (Å²) in [5.74, 6) is 0.411. The lowest BCUT2D eigenvalue weighted by atomic mass is 10.0. The first-order valence-electron chi connectivity index (χ1n) is 7.01. The number of rotatable bonds is 7. The van der Waals surface area contributed by atoms with Crippen LogP contribution in [0, 0.1) is 0 Å². The average molecular weight is 292 g/mol. The molecule has 0 bridgehead atoms. The summed E-state index contributed by atoms with van der Waals surface area (Å²) >= 11 is -2.27. The minimum Gasteiger partial charge on any atom is -0.380 e. The van der Waals surface area contributed by atoms with Crippen molar-refractivity contribution in [3.05, 3.63) is 42.0 Å². The van der Waals surface area contributed by atoms with Crippen LogP contribution < -0.4 is 4.18 Å².